The van der Waals surface area contributed by atoms with Crippen molar-refractivity contribution in [3.05, 3.63) is 24.0 Å². The van der Waals surface area contributed by atoms with E-state index in [0.717, 1.165) is 0 Å². The van der Waals surface area contributed by atoms with Crippen molar-refractivity contribution >= 4 is 6.02 Å². The van der Waals surface area contributed by atoms with Crippen LogP contribution in [0.5, 0.6) is 0 Å². The SMILES string of the molecule is NN1C=C[N+]2C(O)=NC(O)=C2C1. The molecule has 0 aliphatic carbocycles. The fourth-order valence-electron chi connectivity index (χ4n) is 1.12. The molecule has 0 unspecified atom stereocenters. The van der Waals surface area contributed by atoms with E-state index in [1.807, 2.05) is 0 Å². The van der Waals surface area contributed by atoms with Gasteiger partial charge in [0.05, 0.1) is 6.20 Å². The highest BCUT2D eigenvalue weighted by molar-refractivity contribution is 5.82. The van der Waals surface area contributed by atoms with Crippen molar-refractivity contribution < 1.29 is 10.2 Å². The zero-order valence-corrected chi connectivity index (χ0v) is 6.18. The molecule has 63 valence electrons. The Bertz CT molecular complexity index is 307. The van der Waals surface area contributed by atoms with Crippen LogP contribution in [0, 0.1) is 0 Å². The van der Waals surface area contributed by atoms with E-state index in [2.05, 4.69) is 4.99 Å². The molecule has 0 atom stereocenters. The third-order valence-corrected chi connectivity index (χ3v) is 1.71. The summed E-state index contributed by atoms with van der Waals surface area (Å²) in [5.74, 6) is 5.25. The van der Waals surface area contributed by atoms with Crippen molar-refractivity contribution in [3.63, 3.8) is 0 Å². The summed E-state index contributed by atoms with van der Waals surface area (Å²) in [4.78, 5) is 4.84. The number of nitrogens with two attached hydrogens (primary N) is 1. The predicted molar refractivity (Wildman–Crippen MR) is 41.9 cm³/mol. The molecule has 12 heavy (non-hydrogen) atoms. The lowest BCUT2D eigenvalue weighted by Gasteiger charge is -2.15. The Morgan fingerprint density at radius 1 is 1.58 bits per heavy atom. The minimum atomic E-state index is -0.230. The third-order valence-electron chi connectivity index (χ3n) is 1.71. The highest BCUT2D eigenvalue weighted by Gasteiger charge is 2.40. The van der Waals surface area contributed by atoms with Gasteiger partial charge in [-0.1, -0.05) is 0 Å². The van der Waals surface area contributed by atoms with Gasteiger partial charge in [-0.05, 0) is 4.90 Å². The van der Waals surface area contributed by atoms with E-state index in [1.54, 1.807) is 6.20 Å². The summed E-state index contributed by atoms with van der Waals surface area (Å²) < 4.78 is 0. The largest absolute Gasteiger partial charge is 0.489 e. The predicted octanol–water partition coefficient (Wildman–Crippen LogP) is -0.558. The molecule has 1 radical (unpaired) electrons. The maximum Gasteiger partial charge on any atom is 0.461 e. The fourth-order valence-corrected chi connectivity index (χ4v) is 1.12. The molecule has 2 aliphatic heterocycles. The molecule has 6 nitrogen and oxygen atoms in total. The standard InChI is InChI=1S/C6H8N4O2/c7-9-1-2-10-4(3-9)5(11)8-6(10)12/h1-2,11H,3,7H2,(H,8,12)/q+1. The molecule has 0 saturated carbocycles. The van der Waals surface area contributed by atoms with Gasteiger partial charge < -0.3 is 15.2 Å². The molecule has 2 aliphatic rings. The van der Waals surface area contributed by atoms with Crippen molar-refractivity contribution in [1.82, 2.24) is 9.91 Å². The van der Waals surface area contributed by atoms with Crippen LogP contribution >= 0.6 is 0 Å². The van der Waals surface area contributed by atoms with Crippen molar-refractivity contribution in [3.8, 4) is 0 Å². The second-order valence-electron chi connectivity index (χ2n) is 2.52. The van der Waals surface area contributed by atoms with Gasteiger partial charge in [0.2, 0.25) is 0 Å². The summed E-state index contributed by atoms with van der Waals surface area (Å²) in [6, 6.07) is -0.230. The van der Waals surface area contributed by atoms with E-state index in [4.69, 9.17) is 10.9 Å². The summed E-state index contributed by atoms with van der Waals surface area (Å²) in [5, 5.41) is 19.7. The second kappa shape index (κ2) is 2.23. The molecule has 0 fully saturated rings. The highest BCUT2D eigenvalue weighted by atomic mass is 16.3. The minimum absolute atomic E-state index is 0.188. The number of hydrogen-bond donors (Lipinski definition) is 3. The van der Waals surface area contributed by atoms with E-state index in [-0.39, 0.29) is 11.9 Å². The minimum Gasteiger partial charge on any atom is -0.489 e. The number of rotatable bonds is 0. The molecular formula is C6H8N4O2+. The number of aliphatic imine (C=N–C) groups is 1. The number of aliphatic hydroxyl groups excluding tert-OH is 2. The third kappa shape index (κ3) is 0.858. The lowest BCUT2D eigenvalue weighted by Crippen LogP contribution is -2.40. The van der Waals surface area contributed by atoms with E-state index >= 15 is 0 Å². The average Bonchev–Trinajstić information content (AvgIpc) is 2.28. The molecule has 0 bridgehead atoms. The Kier molecular flexibility index (Phi) is 1.32. The van der Waals surface area contributed by atoms with Crippen LogP contribution in [-0.4, -0.2) is 27.8 Å². The van der Waals surface area contributed by atoms with Gasteiger partial charge in [-0.2, -0.15) is 0 Å². The first-order valence-electron chi connectivity index (χ1n) is 3.37. The van der Waals surface area contributed by atoms with Gasteiger partial charge in [0, 0.05) is 0 Å². The normalized spacial score (nSPS) is 23.1. The van der Waals surface area contributed by atoms with Gasteiger partial charge in [0.1, 0.15) is 6.54 Å². The van der Waals surface area contributed by atoms with Gasteiger partial charge in [-0.25, -0.2) is 5.84 Å². The molecular weight excluding hydrogens is 160 g/mol. The number of hydrogen-bond acceptors (Lipinski definition) is 5. The molecule has 2 rings (SSSR count). The van der Waals surface area contributed by atoms with Crippen LogP contribution in [0.1, 0.15) is 0 Å². The van der Waals surface area contributed by atoms with Crippen LogP contribution in [0.15, 0.2) is 29.0 Å². The molecule has 0 aromatic heterocycles. The van der Waals surface area contributed by atoms with Crippen molar-refractivity contribution in [2.45, 2.75) is 0 Å². The molecule has 0 saturated heterocycles. The number of hydrazine groups is 1. The quantitative estimate of drug-likeness (QED) is 0.334. The Labute approximate surface area is 68.5 Å². The Morgan fingerprint density at radius 3 is 3.08 bits per heavy atom. The van der Waals surface area contributed by atoms with Crippen LogP contribution in [0.3, 0.4) is 0 Å². The highest BCUT2D eigenvalue weighted by Crippen LogP contribution is 2.19. The summed E-state index contributed by atoms with van der Waals surface area (Å²) >= 11 is 0. The smallest absolute Gasteiger partial charge is 0.461 e. The van der Waals surface area contributed by atoms with E-state index < -0.39 is 0 Å². The fraction of sp³-hybridized carbons (Fsp3) is 0.167. The first-order valence-corrected chi connectivity index (χ1v) is 3.37. The van der Waals surface area contributed by atoms with Gasteiger partial charge in [0.15, 0.2) is 6.20 Å². The van der Waals surface area contributed by atoms with Gasteiger partial charge in [-0.15, -0.1) is 4.99 Å². The number of amidine groups is 1. The van der Waals surface area contributed by atoms with Crippen LogP contribution in [-0.2, 0) is 0 Å². The van der Waals surface area contributed by atoms with Gasteiger partial charge in [-0.3, -0.25) is 0 Å². The number of aliphatic hydroxyl groups is 2. The maximum atomic E-state index is 9.19. The first-order chi connectivity index (χ1) is 5.68. The zero-order chi connectivity index (χ0) is 8.72. The average molecular weight is 168 g/mol. The number of fused-ring (bicyclic) bond motifs is 1. The van der Waals surface area contributed by atoms with Gasteiger partial charge in [0.25, 0.3) is 11.6 Å². The van der Waals surface area contributed by atoms with Crippen molar-refractivity contribution in [2.75, 3.05) is 6.54 Å². The summed E-state index contributed by atoms with van der Waals surface area (Å²) in [6.45, 7) is 0.329. The van der Waals surface area contributed by atoms with E-state index in [9.17, 15) is 5.11 Å². The summed E-state index contributed by atoms with van der Waals surface area (Å²) in [5.41, 5.74) is 0.484. The summed E-state index contributed by atoms with van der Waals surface area (Å²) in [6.07, 6.45) is 3.11. The lowest BCUT2D eigenvalue weighted by molar-refractivity contribution is 0.354. The van der Waals surface area contributed by atoms with E-state index in [1.165, 1.54) is 16.1 Å². The molecule has 0 amide bonds. The van der Waals surface area contributed by atoms with Crippen LogP contribution < -0.4 is 10.7 Å². The van der Waals surface area contributed by atoms with Crippen LogP contribution in [0.2, 0.25) is 0 Å². The number of nitrogens with zero attached hydrogens (tertiary/aromatic N) is 3. The Morgan fingerprint density at radius 2 is 2.33 bits per heavy atom. The molecule has 2 heterocycles. The first kappa shape index (κ1) is 7.14. The molecule has 0 aromatic carbocycles. The molecule has 0 aromatic rings. The van der Waals surface area contributed by atoms with Crippen molar-refractivity contribution in [1.29, 1.82) is 0 Å². The van der Waals surface area contributed by atoms with Crippen LogP contribution in [0.25, 0.3) is 0 Å². The monoisotopic (exact) mass is 168 g/mol. The summed E-state index contributed by atoms with van der Waals surface area (Å²) in [7, 11) is 0. The maximum absolute atomic E-state index is 9.19. The Hall–Kier alpha value is -1.53. The van der Waals surface area contributed by atoms with Crippen molar-refractivity contribution in [2.24, 2.45) is 10.8 Å². The second-order valence-corrected chi connectivity index (χ2v) is 2.52. The molecule has 6 heteroatoms. The molecule has 0 spiro atoms. The van der Waals surface area contributed by atoms with E-state index in [0.29, 0.717) is 12.2 Å². The lowest BCUT2D eigenvalue weighted by atomic mass is 10.3. The van der Waals surface area contributed by atoms with Crippen LogP contribution in [0.4, 0.5) is 0 Å². The topological polar surface area (TPSA) is 88.0 Å². The molecule has 4 N–H and O–H groups in total. The zero-order valence-electron chi connectivity index (χ0n) is 6.18. The Balaban J connectivity index is 2.37. The van der Waals surface area contributed by atoms with Gasteiger partial charge >= 0.3 is 6.02 Å².